The van der Waals surface area contributed by atoms with Gasteiger partial charge in [-0.1, -0.05) is 42.0 Å². The van der Waals surface area contributed by atoms with Gasteiger partial charge in [-0.25, -0.2) is 8.42 Å². The zero-order valence-corrected chi connectivity index (χ0v) is 19.4. The van der Waals surface area contributed by atoms with Crippen molar-refractivity contribution >= 4 is 10.0 Å². The maximum absolute atomic E-state index is 13.4. The second-order valence-electron chi connectivity index (χ2n) is 8.33. The van der Waals surface area contributed by atoms with Crippen molar-refractivity contribution in [3.63, 3.8) is 0 Å². The number of hydrogen-bond acceptors (Lipinski definition) is 4. The minimum Gasteiger partial charge on any atom is -0.370 e. The van der Waals surface area contributed by atoms with E-state index in [1.807, 2.05) is 37.7 Å². The summed E-state index contributed by atoms with van der Waals surface area (Å²) in [6, 6.07) is 13.8. The Bertz CT molecular complexity index is 1200. The lowest BCUT2D eigenvalue weighted by Gasteiger charge is -2.27. The van der Waals surface area contributed by atoms with Crippen molar-refractivity contribution in [2.24, 2.45) is 7.05 Å². The molecule has 1 aromatic heterocycles. The number of hydrogen-bond donors (Lipinski definition) is 0. The molecule has 0 radical (unpaired) electrons. The Hall–Kier alpha value is -2.48. The molecular formula is C24H29N3O3S. The molecule has 0 amide bonds. The summed E-state index contributed by atoms with van der Waals surface area (Å²) in [5.74, 6) is 0. The number of fused-ring (bicyclic) bond motifs is 1. The number of aryl methyl sites for hydroxylation is 4. The van der Waals surface area contributed by atoms with Crippen LogP contribution >= 0.6 is 0 Å². The summed E-state index contributed by atoms with van der Waals surface area (Å²) < 4.78 is 36.1. The summed E-state index contributed by atoms with van der Waals surface area (Å²) >= 11 is 0. The standard InChI is InChI=1S/C24H29N3O3S/c1-17-6-9-20(10-7-17)15-30-16-22-21-14-27(12-11-23(21)26(4)25-22)31(28,29)24-13-18(2)5-8-19(24)3/h5-10,13H,11-12,14-16H2,1-4H3. The van der Waals surface area contributed by atoms with E-state index in [-0.39, 0.29) is 0 Å². The summed E-state index contributed by atoms with van der Waals surface area (Å²) in [6.45, 7) is 7.44. The minimum absolute atomic E-state index is 0.322. The maximum atomic E-state index is 13.4. The number of benzene rings is 2. The first kappa shape index (κ1) is 21.7. The fraction of sp³-hybridized carbons (Fsp3) is 0.375. The SMILES string of the molecule is Cc1ccc(COCc2nn(C)c3c2CN(S(=O)(=O)c2cc(C)ccc2C)CC3)cc1. The summed E-state index contributed by atoms with van der Waals surface area (Å²) in [7, 11) is -1.66. The molecule has 0 saturated carbocycles. The largest absolute Gasteiger partial charge is 0.370 e. The number of ether oxygens (including phenoxy) is 1. The molecule has 164 valence electrons. The minimum atomic E-state index is -3.58. The predicted molar refractivity (Wildman–Crippen MR) is 120 cm³/mol. The van der Waals surface area contributed by atoms with Crippen molar-refractivity contribution in [1.82, 2.24) is 14.1 Å². The van der Waals surface area contributed by atoms with Crippen LogP contribution in [0.15, 0.2) is 47.4 Å². The first-order valence-electron chi connectivity index (χ1n) is 10.5. The predicted octanol–water partition coefficient (Wildman–Crippen LogP) is 3.81. The van der Waals surface area contributed by atoms with Crippen LogP contribution in [-0.2, 0) is 48.0 Å². The van der Waals surface area contributed by atoms with E-state index < -0.39 is 10.0 Å². The van der Waals surface area contributed by atoms with Crippen molar-refractivity contribution in [2.45, 2.75) is 51.8 Å². The first-order chi connectivity index (χ1) is 14.8. The van der Waals surface area contributed by atoms with Crippen LogP contribution in [0.1, 0.15) is 39.2 Å². The molecule has 0 atom stereocenters. The fourth-order valence-electron chi connectivity index (χ4n) is 4.04. The molecule has 4 rings (SSSR count). The quantitative estimate of drug-likeness (QED) is 0.586. The Morgan fingerprint density at radius 1 is 1.00 bits per heavy atom. The number of nitrogens with zero attached hydrogens (tertiary/aromatic N) is 3. The van der Waals surface area contributed by atoms with E-state index in [0.29, 0.717) is 37.6 Å². The molecule has 0 bridgehead atoms. The molecule has 0 unspecified atom stereocenters. The highest BCUT2D eigenvalue weighted by Gasteiger charge is 2.32. The molecule has 3 aromatic rings. The number of rotatable bonds is 6. The third-order valence-corrected chi connectivity index (χ3v) is 7.87. The average Bonchev–Trinajstić information content (AvgIpc) is 3.06. The molecule has 31 heavy (non-hydrogen) atoms. The summed E-state index contributed by atoms with van der Waals surface area (Å²) in [5.41, 5.74) is 6.89. The molecule has 2 aromatic carbocycles. The van der Waals surface area contributed by atoms with Gasteiger partial charge in [0.25, 0.3) is 0 Å². The van der Waals surface area contributed by atoms with Crippen molar-refractivity contribution in [3.8, 4) is 0 Å². The average molecular weight is 440 g/mol. The van der Waals surface area contributed by atoms with Gasteiger partial charge in [-0.15, -0.1) is 0 Å². The second-order valence-corrected chi connectivity index (χ2v) is 10.2. The van der Waals surface area contributed by atoms with Crippen LogP contribution < -0.4 is 0 Å². The lowest BCUT2D eigenvalue weighted by molar-refractivity contribution is 0.103. The lowest BCUT2D eigenvalue weighted by atomic mass is 10.1. The first-order valence-corrected chi connectivity index (χ1v) is 11.9. The van der Waals surface area contributed by atoms with Gasteiger partial charge in [-0.05, 0) is 43.5 Å². The van der Waals surface area contributed by atoms with Gasteiger partial charge in [0.1, 0.15) is 0 Å². The third-order valence-electron chi connectivity index (χ3n) is 5.88. The Morgan fingerprint density at radius 3 is 2.45 bits per heavy atom. The molecule has 0 saturated heterocycles. The van der Waals surface area contributed by atoms with Gasteiger partial charge < -0.3 is 4.74 Å². The highest BCUT2D eigenvalue weighted by molar-refractivity contribution is 7.89. The topological polar surface area (TPSA) is 64.4 Å². The summed E-state index contributed by atoms with van der Waals surface area (Å²) in [5, 5.41) is 4.63. The van der Waals surface area contributed by atoms with Gasteiger partial charge in [0.15, 0.2) is 0 Å². The molecule has 6 nitrogen and oxygen atoms in total. The zero-order valence-electron chi connectivity index (χ0n) is 18.6. The summed E-state index contributed by atoms with van der Waals surface area (Å²) in [6.07, 6.45) is 0.640. The molecule has 1 aliphatic rings. The van der Waals surface area contributed by atoms with Crippen LogP contribution in [0.5, 0.6) is 0 Å². The zero-order chi connectivity index (χ0) is 22.2. The van der Waals surface area contributed by atoms with Crippen LogP contribution in [-0.4, -0.2) is 29.0 Å². The normalized spacial score (nSPS) is 14.6. The van der Waals surface area contributed by atoms with E-state index in [2.05, 4.69) is 36.3 Å². The number of aromatic nitrogens is 2. The highest BCUT2D eigenvalue weighted by atomic mass is 32.2. The Labute approximate surface area is 184 Å². The van der Waals surface area contributed by atoms with Crippen molar-refractivity contribution in [1.29, 1.82) is 0 Å². The Kier molecular flexibility index (Phi) is 6.01. The maximum Gasteiger partial charge on any atom is 0.243 e. The third kappa shape index (κ3) is 4.44. The van der Waals surface area contributed by atoms with Gasteiger partial charge in [-0.3, -0.25) is 4.68 Å². The molecule has 0 spiro atoms. The number of sulfonamides is 1. The van der Waals surface area contributed by atoms with E-state index >= 15 is 0 Å². The van der Waals surface area contributed by atoms with Crippen molar-refractivity contribution in [3.05, 3.63) is 81.7 Å². The molecule has 0 N–H and O–H groups in total. The summed E-state index contributed by atoms with van der Waals surface area (Å²) in [4.78, 5) is 0.386. The smallest absolute Gasteiger partial charge is 0.243 e. The highest BCUT2D eigenvalue weighted by Crippen LogP contribution is 2.29. The van der Waals surface area contributed by atoms with E-state index in [1.54, 1.807) is 10.4 Å². The van der Waals surface area contributed by atoms with Crippen LogP contribution in [0.4, 0.5) is 0 Å². The second kappa shape index (κ2) is 8.57. The fourth-order valence-corrected chi connectivity index (χ4v) is 5.76. The monoisotopic (exact) mass is 439 g/mol. The lowest BCUT2D eigenvalue weighted by Crippen LogP contribution is -2.36. The van der Waals surface area contributed by atoms with Gasteiger partial charge in [0.05, 0.1) is 23.8 Å². The van der Waals surface area contributed by atoms with Gasteiger partial charge in [-0.2, -0.15) is 9.40 Å². The Morgan fingerprint density at radius 2 is 1.71 bits per heavy atom. The molecule has 2 heterocycles. The molecule has 0 aliphatic carbocycles. The van der Waals surface area contributed by atoms with Crippen LogP contribution in [0.3, 0.4) is 0 Å². The van der Waals surface area contributed by atoms with Crippen molar-refractivity contribution < 1.29 is 13.2 Å². The van der Waals surface area contributed by atoms with Gasteiger partial charge >= 0.3 is 0 Å². The van der Waals surface area contributed by atoms with Crippen molar-refractivity contribution in [2.75, 3.05) is 6.54 Å². The molecule has 0 fully saturated rings. The Balaban J connectivity index is 1.53. The van der Waals surface area contributed by atoms with Crippen LogP contribution in [0, 0.1) is 20.8 Å². The van der Waals surface area contributed by atoms with E-state index in [4.69, 9.17) is 4.74 Å². The van der Waals surface area contributed by atoms with Crippen LogP contribution in [0.25, 0.3) is 0 Å². The van der Waals surface area contributed by atoms with E-state index in [0.717, 1.165) is 33.6 Å². The van der Waals surface area contributed by atoms with Gasteiger partial charge in [0, 0.05) is 37.8 Å². The van der Waals surface area contributed by atoms with Gasteiger partial charge in [0.2, 0.25) is 10.0 Å². The van der Waals surface area contributed by atoms with E-state index in [1.165, 1.54) is 5.56 Å². The van der Waals surface area contributed by atoms with E-state index in [9.17, 15) is 8.42 Å². The van der Waals surface area contributed by atoms with Crippen LogP contribution in [0.2, 0.25) is 0 Å². The molecule has 7 heteroatoms. The molecular weight excluding hydrogens is 410 g/mol. The molecule has 1 aliphatic heterocycles.